The topological polar surface area (TPSA) is 98.3 Å². The van der Waals surface area contributed by atoms with E-state index in [0.717, 1.165) is 44.5 Å². The summed E-state index contributed by atoms with van der Waals surface area (Å²) in [5, 5.41) is 15.6. The lowest BCUT2D eigenvalue weighted by molar-refractivity contribution is 0.0398. The summed E-state index contributed by atoms with van der Waals surface area (Å²) in [6.07, 6.45) is 0. The number of ether oxygens (including phenoxy) is 1. The zero-order chi connectivity index (χ0) is 24.9. The van der Waals surface area contributed by atoms with Crippen LogP contribution in [-0.2, 0) is 11.3 Å². The zero-order valence-corrected chi connectivity index (χ0v) is 19.4. The Morgan fingerprint density at radius 3 is 2.56 bits per heavy atom. The van der Waals surface area contributed by atoms with E-state index in [-0.39, 0.29) is 23.4 Å². The molecule has 2 aromatic heterocycles. The van der Waals surface area contributed by atoms with Gasteiger partial charge in [-0.2, -0.15) is 5.10 Å². The molecule has 11 heteroatoms. The van der Waals surface area contributed by atoms with Crippen LogP contribution in [0.1, 0.15) is 5.56 Å². The average molecular weight is 495 g/mol. The monoisotopic (exact) mass is 494 g/mol. The van der Waals surface area contributed by atoms with Crippen molar-refractivity contribution in [3.63, 3.8) is 0 Å². The molecule has 0 spiro atoms. The molecular weight excluding hydrogens is 470 g/mol. The molecule has 36 heavy (non-hydrogen) atoms. The number of benzene rings is 2. The molecule has 9 nitrogen and oxygen atoms in total. The molecule has 186 valence electrons. The highest BCUT2D eigenvalue weighted by atomic mass is 19.1. The molecule has 4 aromatic rings. The predicted molar refractivity (Wildman–Crippen MR) is 128 cm³/mol. The van der Waals surface area contributed by atoms with E-state index in [1.165, 1.54) is 28.9 Å². The van der Waals surface area contributed by atoms with Crippen molar-refractivity contribution >= 4 is 6.01 Å². The van der Waals surface area contributed by atoms with E-state index < -0.39 is 11.6 Å². The fraction of sp³-hybridized carbons (Fsp3) is 0.280. The van der Waals surface area contributed by atoms with Crippen LogP contribution in [0, 0.1) is 11.6 Å². The number of halogens is 2. The van der Waals surface area contributed by atoms with Crippen molar-refractivity contribution in [3.8, 4) is 22.7 Å². The Labute approximate surface area is 205 Å². The second-order valence-corrected chi connectivity index (χ2v) is 8.37. The second-order valence-electron chi connectivity index (χ2n) is 8.37. The molecule has 0 saturated carbocycles. The third-order valence-electron chi connectivity index (χ3n) is 5.76. The van der Waals surface area contributed by atoms with Gasteiger partial charge in [0, 0.05) is 49.4 Å². The van der Waals surface area contributed by atoms with Gasteiger partial charge < -0.3 is 14.5 Å². The quantitative estimate of drug-likeness (QED) is 0.399. The van der Waals surface area contributed by atoms with E-state index >= 15 is 0 Å². The molecule has 0 aliphatic carbocycles. The number of nitrogens with zero attached hydrogens (tertiary/aromatic N) is 5. The first-order chi connectivity index (χ1) is 17.5. The number of hydrogen-bond donors (Lipinski definition) is 1. The summed E-state index contributed by atoms with van der Waals surface area (Å²) in [6, 6.07) is 13.5. The molecule has 2 aromatic carbocycles. The molecule has 1 fully saturated rings. The van der Waals surface area contributed by atoms with E-state index in [1.807, 2.05) is 24.3 Å². The number of anilines is 1. The van der Waals surface area contributed by atoms with E-state index in [1.54, 1.807) is 0 Å². The second kappa shape index (κ2) is 10.8. The fourth-order valence-corrected chi connectivity index (χ4v) is 3.95. The Kier molecular flexibility index (Phi) is 7.10. The van der Waals surface area contributed by atoms with Crippen LogP contribution in [0.15, 0.2) is 63.8 Å². The average Bonchev–Trinajstić information content (AvgIpc) is 3.35. The zero-order valence-electron chi connectivity index (χ0n) is 19.4. The molecule has 0 amide bonds. The molecule has 1 N–H and O–H groups in total. The molecule has 1 saturated heterocycles. The van der Waals surface area contributed by atoms with Gasteiger partial charge in [0.2, 0.25) is 5.89 Å². The highest BCUT2D eigenvalue weighted by Gasteiger charge is 2.13. The Hall–Kier alpha value is -3.96. The molecule has 1 aliphatic rings. The van der Waals surface area contributed by atoms with Crippen LogP contribution < -0.4 is 10.9 Å². The third kappa shape index (κ3) is 5.81. The van der Waals surface area contributed by atoms with Crippen LogP contribution in [-0.4, -0.2) is 64.3 Å². The van der Waals surface area contributed by atoms with Crippen LogP contribution >= 0.6 is 0 Å². The fourth-order valence-electron chi connectivity index (χ4n) is 3.95. The van der Waals surface area contributed by atoms with Crippen molar-refractivity contribution in [2.24, 2.45) is 0 Å². The van der Waals surface area contributed by atoms with Crippen molar-refractivity contribution < 1.29 is 17.9 Å². The number of hydrogen-bond acceptors (Lipinski definition) is 8. The SMILES string of the molecule is O=c1ccc(-c2cc(F)cc(F)c2)nn1Cc1cccc(-c2nnc(NCCN3CCOCC3)o2)c1. The van der Waals surface area contributed by atoms with Crippen molar-refractivity contribution in [3.05, 3.63) is 82.1 Å². The van der Waals surface area contributed by atoms with Gasteiger partial charge in [0.15, 0.2) is 0 Å². The Bertz CT molecular complexity index is 1380. The number of rotatable bonds is 8. The summed E-state index contributed by atoms with van der Waals surface area (Å²) in [5.74, 6) is -1.09. The molecule has 0 bridgehead atoms. The van der Waals surface area contributed by atoms with Gasteiger partial charge in [-0.3, -0.25) is 9.69 Å². The van der Waals surface area contributed by atoms with E-state index in [9.17, 15) is 13.6 Å². The summed E-state index contributed by atoms with van der Waals surface area (Å²) in [5.41, 5.74) is 1.65. The molecule has 0 radical (unpaired) electrons. The van der Waals surface area contributed by atoms with Gasteiger partial charge in [-0.15, -0.1) is 5.10 Å². The lowest BCUT2D eigenvalue weighted by Gasteiger charge is -2.26. The first-order valence-electron chi connectivity index (χ1n) is 11.5. The Morgan fingerprint density at radius 2 is 1.75 bits per heavy atom. The van der Waals surface area contributed by atoms with E-state index in [0.29, 0.717) is 24.0 Å². The lowest BCUT2D eigenvalue weighted by atomic mass is 10.1. The highest BCUT2D eigenvalue weighted by Crippen LogP contribution is 2.22. The Morgan fingerprint density at radius 1 is 0.944 bits per heavy atom. The van der Waals surface area contributed by atoms with Crippen LogP contribution in [0.3, 0.4) is 0 Å². The maximum absolute atomic E-state index is 13.6. The third-order valence-corrected chi connectivity index (χ3v) is 5.76. The molecule has 0 unspecified atom stereocenters. The van der Waals surface area contributed by atoms with Gasteiger partial charge in [-0.05, 0) is 35.9 Å². The summed E-state index contributed by atoms with van der Waals surface area (Å²) >= 11 is 0. The van der Waals surface area contributed by atoms with Gasteiger partial charge in [-0.1, -0.05) is 17.2 Å². The molecule has 5 rings (SSSR count). The van der Waals surface area contributed by atoms with E-state index in [2.05, 4.69) is 25.5 Å². The van der Waals surface area contributed by atoms with Gasteiger partial charge in [0.1, 0.15) is 11.6 Å². The standard InChI is InChI=1S/C25H24F2N6O3/c26-20-13-19(14-21(27)15-20)22-4-5-23(34)33(31-22)16-17-2-1-3-18(12-17)24-29-30-25(36-24)28-6-7-32-8-10-35-11-9-32/h1-5,12-15H,6-11,16H2,(H,28,30). The minimum atomic E-state index is -0.716. The van der Waals surface area contributed by atoms with Gasteiger partial charge >= 0.3 is 6.01 Å². The summed E-state index contributed by atoms with van der Waals surface area (Å²) < 4.78 is 39.6. The molecule has 1 aliphatic heterocycles. The minimum absolute atomic E-state index is 0.150. The highest BCUT2D eigenvalue weighted by molar-refractivity contribution is 5.58. The van der Waals surface area contributed by atoms with Crippen LogP contribution in [0.2, 0.25) is 0 Å². The predicted octanol–water partition coefficient (Wildman–Crippen LogP) is 3.03. The Balaban J connectivity index is 1.28. The molecular formula is C25H24F2N6O3. The minimum Gasteiger partial charge on any atom is -0.403 e. The molecule has 0 atom stereocenters. The smallest absolute Gasteiger partial charge is 0.315 e. The van der Waals surface area contributed by atoms with Crippen LogP contribution in [0.4, 0.5) is 14.8 Å². The van der Waals surface area contributed by atoms with Crippen LogP contribution in [0.25, 0.3) is 22.7 Å². The lowest BCUT2D eigenvalue weighted by Crippen LogP contribution is -2.39. The van der Waals surface area contributed by atoms with Crippen molar-refractivity contribution in [1.29, 1.82) is 0 Å². The summed E-state index contributed by atoms with van der Waals surface area (Å²) in [4.78, 5) is 14.7. The summed E-state index contributed by atoms with van der Waals surface area (Å²) in [7, 11) is 0. The first kappa shape index (κ1) is 23.8. The van der Waals surface area contributed by atoms with Crippen molar-refractivity contribution in [2.45, 2.75) is 6.54 Å². The summed E-state index contributed by atoms with van der Waals surface area (Å²) in [6.45, 7) is 4.97. The first-order valence-corrected chi connectivity index (χ1v) is 11.5. The van der Waals surface area contributed by atoms with Crippen LogP contribution in [0.5, 0.6) is 0 Å². The largest absolute Gasteiger partial charge is 0.403 e. The number of nitrogens with one attached hydrogen (secondary N) is 1. The molecule has 3 heterocycles. The number of aromatic nitrogens is 4. The van der Waals surface area contributed by atoms with Gasteiger partial charge in [-0.25, -0.2) is 13.5 Å². The maximum atomic E-state index is 13.6. The van der Waals surface area contributed by atoms with Gasteiger partial charge in [0.25, 0.3) is 5.56 Å². The normalized spacial score (nSPS) is 14.2. The maximum Gasteiger partial charge on any atom is 0.315 e. The van der Waals surface area contributed by atoms with Crippen molar-refractivity contribution in [1.82, 2.24) is 24.9 Å². The number of morpholine rings is 1. The van der Waals surface area contributed by atoms with Gasteiger partial charge in [0.05, 0.1) is 25.5 Å². The van der Waals surface area contributed by atoms with Crippen molar-refractivity contribution in [2.75, 3.05) is 44.7 Å². The van der Waals surface area contributed by atoms with E-state index in [4.69, 9.17) is 9.15 Å².